The summed E-state index contributed by atoms with van der Waals surface area (Å²) < 4.78 is 31.7. The smallest absolute Gasteiger partial charge is 0.171 e. The number of carbonyl (C=O) groups excluding carboxylic acids is 1. The van der Waals surface area contributed by atoms with Gasteiger partial charge in [-0.1, -0.05) is 0 Å². The lowest BCUT2D eigenvalue weighted by Crippen LogP contribution is -2.41. The van der Waals surface area contributed by atoms with Crippen molar-refractivity contribution in [3.63, 3.8) is 0 Å². The second-order valence-electron chi connectivity index (χ2n) is 4.14. The Morgan fingerprint density at radius 3 is 2.24 bits per heavy atom. The van der Waals surface area contributed by atoms with E-state index in [2.05, 4.69) is 0 Å². The van der Waals surface area contributed by atoms with E-state index in [1.54, 1.807) is 0 Å². The number of hydrogen-bond donors (Lipinski definition) is 3. The van der Waals surface area contributed by atoms with Crippen LogP contribution in [0.2, 0.25) is 0 Å². The van der Waals surface area contributed by atoms with Crippen LogP contribution in [-0.4, -0.2) is 26.2 Å². The number of Topliss-reactive ketones (excluding diaryl/α,β-unsaturated/α-hetero) is 1. The molecule has 1 aromatic rings. The second kappa shape index (κ2) is 4.73. The fourth-order valence-electron chi connectivity index (χ4n) is 1.32. The quantitative estimate of drug-likeness (QED) is 0.776. The minimum atomic E-state index is -3.36. The van der Waals surface area contributed by atoms with E-state index < -0.39 is 26.9 Å². The van der Waals surface area contributed by atoms with E-state index in [1.807, 2.05) is 0 Å². The Morgan fingerprint density at radius 2 is 1.82 bits per heavy atom. The maximum absolute atomic E-state index is 12.8. The molecule has 0 aliphatic heterocycles. The van der Waals surface area contributed by atoms with E-state index in [9.17, 15) is 18.3 Å². The van der Waals surface area contributed by atoms with Crippen molar-refractivity contribution in [1.29, 1.82) is 0 Å². The van der Waals surface area contributed by atoms with Crippen molar-refractivity contribution < 1.29 is 18.3 Å². The van der Waals surface area contributed by atoms with Gasteiger partial charge >= 0.3 is 0 Å². The third-order valence-corrected chi connectivity index (χ3v) is 5.29. The van der Waals surface area contributed by atoms with Gasteiger partial charge in [-0.3, -0.25) is 13.9 Å². The third kappa shape index (κ3) is 2.50. The van der Waals surface area contributed by atoms with Gasteiger partial charge in [-0.2, -0.15) is 10.6 Å². The molecule has 0 radical (unpaired) electrons. The van der Waals surface area contributed by atoms with Crippen LogP contribution in [0.5, 0.6) is 0 Å². The number of halogens is 1. The summed E-state index contributed by atoms with van der Waals surface area (Å²) in [7, 11) is -3.36. The van der Waals surface area contributed by atoms with Gasteiger partial charge in [0.1, 0.15) is 10.6 Å². The first-order valence-corrected chi connectivity index (χ1v) is 6.55. The van der Waals surface area contributed by atoms with Crippen LogP contribution >= 0.6 is 10.6 Å². The normalized spacial score (nSPS) is 13.5. The molecule has 0 bridgehead atoms. The van der Waals surface area contributed by atoms with E-state index in [4.69, 9.17) is 5.73 Å². The van der Waals surface area contributed by atoms with Gasteiger partial charge in [-0.05, 0) is 38.1 Å². The largest absolute Gasteiger partial charge is 0.324 e. The number of nitrogens with two attached hydrogens (primary N) is 1. The summed E-state index contributed by atoms with van der Waals surface area (Å²) in [6.45, 7) is 2.56. The molecule has 6 heteroatoms. The molecule has 0 amide bonds. The van der Waals surface area contributed by atoms with E-state index >= 15 is 0 Å². The standard InChI is InChI=1S/C11H16FNO3S/c1-11(2,10(14)7-13)17(15,16)9-5-3-8(12)4-6-9/h3-6,15-16H,7,13H2,1-2H3. The summed E-state index contributed by atoms with van der Waals surface area (Å²) in [4.78, 5) is 11.8. The van der Waals surface area contributed by atoms with Gasteiger partial charge in [-0.15, -0.1) is 0 Å². The van der Waals surface area contributed by atoms with Crippen molar-refractivity contribution in [2.45, 2.75) is 23.5 Å². The molecule has 0 saturated carbocycles. The first-order valence-electron chi connectivity index (χ1n) is 5.00. The maximum Gasteiger partial charge on any atom is 0.171 e. The van der Waals surface area contributed by atoms with Crippen LogP contribution in [0.4, 0.5) is 4.39 Å². The molecular weight excluding hydrogens is 245 g/mol. The van der Waals surface area contributed by atoms with Crippen molar-refractivity contribution in [2.75, 3.05) is 6.54 Å². The van der Waals surface area contributed by atoms with Crippen molar-refractivity contribution in [2.24, 2.45) is 5.73 Å². The van der Waals surface area contributed by atoms with E-state index in [0.717, 1.165) is 12.1 Å². The van der Waals surface area contributed by atoms with Gasteiger partial charge in [0.05, 0.1) is 11.4 Å². The van der Waals surface area contributed by atoms with Gasteiger partial charge in [0, 0.05) is 0 Å². The Balaban J connectivity index is 3.18. The average Bonchev–Trinajstić information content (AvgIpc) is 2.28. The lowest BCUT2D eigenvalue weighted by Gasteiger charge is -2.45. The van der Waals surface area contributed by atoms with E-state index in [0.29, 0.717) is 0 Å². The number of hydrogen-bond acceptors (Lipinski definition) is 4. The molecule has 0 fully saturated rings. The van der Waals surface area contributed by atoms with Crippen molar-refractivity contribution >= 4 is 16.4 Å². The average molecular weight is 261 g/mol. The summed E-state index contributed by atoms with van der Waals surface area (Å²) in [6, 6.07) is 4.76. The zero-order valence-electron chi connectivity index (χ0n) is 9.68. The molecule has 0 aromatic heterocycles. The molecule has 0 unspecified atom stereocenters. The Morgan fingerprint density at radius 1 is 1.35 bits per heavy atom. The molecule has 0 aliphatic carbocycles. The predicted octanol–water partition coefficient (Wildman–Crippen LogP) is 2.24. The molecule has 1 rings (SSSR count). The SMILES string of the molecule is CC(C)(C(=O)CN)S(O)(O)c1ccc(F)cc1. The second-order valence-corrected chi connectivity index (χ2v) is 6.73. The monoisotopic (exact) mass is 261 g/mol. The van der Waals surface area contributed by atoms with Crippen LogP contribution in [0, 0.1) is 5.82 Å². The molecule has 4 nitrogen and oxygen atoms in total. The minimum absolute atomic E-state index is 0.130. The Labute approximate surface area is 101 Å². The number of carbonyl (C=O) groups is 1. The topological polar surface area (TPSA) is 83.6 Å². The number of ketones is 1. The fourth-order valence-corrected chi connectivity index (χ4v) is 2.83. The Hall–Kier alpha value is -0.950. The summed E-state index contributed by atoms with van der Waals surface area (Å²) >= 11 is 0. The molecule has 17 heavy (non-hydrogen) atoms. The summed E-state index contributed by atoms with van der Waals surface area (Å²) in [5, 5.41) is 0. The predicted molar refractivity (Wildman–Crippen MR) is 65.7 cm³/mol. The minimum Gasteiger partial charge on any atom is -0.324 e. The Bertz CT molecular complexity index is 417. The van der Waals surface area contributed by atoms with Gasteiger partial charge in [-0.25, -0.2) is 4.39 Å². The van der Waals surface area contributed by atoms with E-state index in [-0.39, 0.29) is 11.4 Å². The van der Waals surface area contributed by atoms with Crippen LogP contribution in [-0.2, 0) is 4.79 Å². The molecule has 4 N–H and O–H groups in total. The van der Waals surface area contributed by atoms with Gasteiger partial charge < -0.3 is 5.73 Å². The molecule has 96 valence electrons. The highest BCUT2D eigenvalue weighted by Gasteiger charge is 2.41. The van der Waals surface area contributed by atoms with Crippen molar-refractivity contribution in [1.82, 2.24) is 0 Å². The zero-order chi connectivity index (χ0) is 13.3. The Kier molecular flexibility index (Phi) is 3.93. The molecule has 0 spiro atoms. The van der Waals surface area contributed by atoms with Gasteiger partial charge in [0.25, 0.3) is 0 Å². The van der Waals surface area contributed by atoms with Crippen LogP contribution < -0.4 is 5.73 Å². The summed E-state index contributed by atoms with van der Waals surface area (Å²) in [5.74, 6) is -0.936. The lowest BCUT2D eigenvalue weighted by molar-refractivity contribution is -0.119. The van der Waals surface area contributed by atoms with Crippen LogP contribution in [0.3, 0.4) is 0 Å². The third-order valence-electron chi connectivity index (χ3n) is 2.71. The first kappa shape index (κ1) is 14.1. The first-order chi connectivity index (χ1) is 7.73. The zero-order valence-corrected chi connectivity index (χ0v) is 10.5. The molecule has 0 atom stereocenters. The molecule has 0 saturated heterocycles. The van der Waals surface area contributed by atoms with Crippen molar-refractivity contribution in [3.8, 4) is 0 Å². The maximum atomic E-state index is 12.8. The van der Waals surface area contributed by atoms with Gasteiger partial charge in [0.2, 0.25) is 0 Å². The van der Waals surface area contributed by atoms with Crippen LogP contribution in [0.15, 0.2) is 29.2 Å². The lowest BCUT2D eigenvalue weighted by atomic mass is 10.1. The van der Waals surface area contributed by atoms with Crippen molar-refractivity contribution in [3.05, 3.63) is 30.1 Å². The van der Waals surface area contributed by atoms with E-state index in [1.165, 1.54) is 26.0 Å². The fraction of sp³-hybridized carbons (Fsp3) is 0.364. The molecule has 1 aromatic carbocycles. The molecule has 0 heterocycles. The highest BCUT2D eigenvalue weighted by molar-refractivity contribution is 8.26. The number of benzene rings is 1. The molecular formula is C11H16FNO3S. The summed E-state index contributed by atoms with van der Waals surface area (Å²) in [5.41, 5.74) is 5.24. The highest BCUT2D eigenvalue weighted by Crippen LogP contribution is 2.58. The molecule has 0 aliphatic rings. The van der Waals surface area contributed by atoms with Crippen LogP contribution in [0.1, 0.15) is 13.8 Å². The summed E-state index contributed by atoms with van der Waals surface area (Å²) in [6.07, 6.45) is 0. The highest BCUT2D eigenvalue weighted by atomic mass is 32.3. The number of rotatable bonds is 4. The van der Waals surface area contributed by atoms with Gasteiger partial charge in [0.15, 0.2) is 5.78 Å². The van der Waals surface area contributed by atoms with Crippen LogP contribution in [0.25, 0.3) is 0 Å².